The minimum Gasteiger partial charge on any atom is -0.451 e. The summed E-state index contributed by atoms with van der Waals surface area (Å²) < 4.78 is 45.9. The van der Waals surface area contributed by atoms with Crippen LogP contribution in [0.25, 0.3) is 11.0 Å². The van der Waals surface area contributed by atoms with Gasteiger partial charge in [-0.1, -0.05) is 19.9 Å². The van der Waals surface area contributed by atoms with Crippen molar-refractivity contribution in [1.82, 2.24) is 19.9 Å². The quantitative estimate of drug-likeness (QED) is 0.445. The third kappa shape index (κ3) is 6.25. The number of pyridine rings is 1. The first-order valence-electron chi connectivity index (χ1n) is 12.3. The average molecular weight is 545 g/mol. The third-order valence-electron chi connectivity index (χ3n) is 6.21. The molecule has 202 valence electrons. The second-order valence-corrected chi connectivity index (χ2v) is 11.5. The summed E-state index contributed by atoms with van der Waals surface area (Å²) in [6, 6.07) is 7.88. The van der Waals surface area contributed by atoms with Crippen LogP contribution < -0.4 is 10.6 Å². The van der Waals surface area contributed by atoms with Gasteiger partial charge in [-0.05, 0) is 61.6 Å². The normalized spacial score (nSPS) is 17.8. The van der Waals surface area contributed by atoms with Gasteiger partial charge >= 0.3 is 0 Å². The Morgan fingerprint density at radius 2 is 2.00 bits per heavy atom. The highest BCUT2D eigenvalue weighted by molar-refractivity contribution is 7.89. The molecule has 0 bridgehead atoms. The highest BCUT2D eigenvalue weighted by Crippen LogP contribution is 2.21. The molecule has 38 heavy (non-hydrogen) atoms. The molecule has 0 saturated carbocycles. The van der Waals surface area contributed by atoms with Crippen molar-refractivity contribution in [1.29, 1.82) is 0 Å². The molecule has 1 fully saturated rings. The van der Waals surface area contributed by atoms with Crippen molar-refractivity contribution < 1.29 is 31.6 Å². The first-order chi connectivity index (χ1) is 18.0. The third-order valence-corrected chi connectivity index (χ3v) is 7.97. The lowest BCUT2D eigenvalue weighted by Gasteiger charge is -2.23. The van der Waals surface area contributed by atoms with Gasteiger partial charge in [0.2, 0.25) is 5.91 Å². The maximum atomic E-state index is 13.5. The van der Waals surface area contributed by atoms with E-state index in [1.165, 1.54) is 36.5 Å². The topological polar surface area (TPSA) is 139 Å². The lowest BCUT2D eigenvalue weighted by atomic mass is 10.0. The molecule has 0 spiro atoms. The Balaban J connectivity index is 1.44. The van der Waals surface area contributed by atoms with E-state index in [0.29, 0.717) is 17.4 Å². The van der Waals surface area contributed by atoms with Gasteiger partial charge in [-0.25, -0.2) is 17.8 Å². The van der Waals surface area contributed by atoms with E-state index in [2.05, 4.69) is 15.6 Å². The van der Waals surface area contributed by atoms with E-state index >= 15 is 0 Å². The van der Waals surface area contributed by atoms with Crippen molar-refractivity contribution in [2.24, 2.45) is 5.92 Å². The van der Waals surface area contributed by atoms with E-state index in [9.17, 15) is 27.2 Å². The minimum absolute atomic E-state index is 0.0275. The van der Waals surface area contributed by atoms with E-state index < -0.39 is 52.1 Å². The smallest absolute Gasteiger partial charge is 0.287 e. The van der Waals surface area contributed by atoms with E-state index in [0.717, 1.165) is 4.31 Å². The van der Waals surface area contributed by atoms with Crippen molar-refractivity contribution in [3.63, 3.8) is 0 Å². The number of nitrogens with zero attached hydrogens (tertiary/aromatic N) is 2. The fourth-order valence-electron chi connectivity index (χ4n) is 4.32. The maximum absolute atomic E-state index is 13.5. The second-order valence-electron chi connectivity index (χ2n) is 9.62. The molecule has 1 saturated heterocycles. The Bertz CT molecular complexity index is 1440. The molecule has 1 unspecified atom stereocenters. The van der Waals surface area contributed by atoms with E-state index in [-0.39, 0.29) is 36.1 Å². The first kappa shape index (κ1) is 27.4. The highest BCUT2D eigenvalue weighted by Gasteiger charge is 2.35. The largest absolute Gasteiger partial charge is 0.451 e. The SMILES string of the molecule is CC(C)CC(NC(=O)c1cc2cc(F)ccc2o1)C(=O)N[C@H]1CCCN(S(=O)(=O)c2ccccn2)CC1=O. The Hall–Kier alpha value is -3.64. The number of ketones is 1. The average Bonchev–Trinajstić information content (AvgIpc) is 3.21. The van der Waals surface area contributed by atoms with Crippen LogP contribution in [0.2, 0.25) is 0 Å². The van der Waals surface area contributed by atoms with Crippen LogP contribution in [0.1, 0.15) is 43.7 Å². The molecule has 2 aromatic heterocycles. The van der Waals surface area contributed by atoms with Crippen LogP contribution in [0.3, 0.4) is 0 Å². The van der Waals surface area contributed by atoms with Gasteiger partial charge in [-0.3, -0.25) is 14.4 Å². The molecule has 4 rings (SSSR count). The molecular formula is C26H29FN4O6S. The molecule has 10 nitrogen and oxygen atoms in total. The summed E-state index contributed by atoms with van der Waals surface area (Å²) in [5.41, 5.74) is 0.329. The number of hydrogen-bond donors (Lipinski definition) is 2. The van der Waals surface area contributed by atoms with Gasteiger partial charge in [-0.15, -0.1) is 0 Å². The van der Waals surface area contributed by atoms with Crippen molar-refractivity contribution >= 4 is 38.6 Å². The minimum atomic E-state index is -3.97. The predicted octanol–water partition coefficient (Wildman–Crippen LogP) is 2.65. The zero-order valence-corrected chi connectivity index (χ0v) is 21.8. The number of carbonyl (C=O) groups excluding carboxylic acids is 3. The monoisotopic (exact) mass is 544 g/mol. The Morgan fingerprint density at radius 1 is 1.21 bits per heavy atom. The Labute approximate surface area is 219 Å². The van der Waals surface area contributed by atoms with Crippen LogP contribution in [0.5, 0.6) is 0 Å². The standard InChI is InChI=1S/C26H29FN4O6S/c1-16(2)12-20(30-26(34)23-14-17-13-18(27)8-9-22(17)37-23)25(33)29-19-6-5-11-31(15-21(19)32)38(35,36)24-7-3-4-10-28-24/h3-4,7-10,13-14,16,19-20H,5-6,11-12,15H2,1-2H3,(H,29,33)(H,30,34)/t19-,20?/m0/s1. The summed E-state index contributed by atoms with van der Waals surface area (Å²) in [6.07, 6.45) is 2.24. The molecule has 1 aliphatic heterocycles. The number of amides is 2. The molecule has 3 aromatic rings. The summed E-state index contributed by atoms with van der Waals surface area (Å²) >= 11 is 0. The second kappa shape index (κ2) is 11.4. The zero-order valence-electron chi connectivity index (χ0n) is 21.0. The van der Waals surface area contributed by atoms with E-state index in [1.807, 2.05) is 13.8 Å². The van der Waals surface area contributed by atoms with Crippen LogP contribution in [0.15, 0.2) is 58.1 Å². The maximum Gasteiger partial charge on any atom is 0.287 e. The molecule has 12 heteroatoms. The first-order valence-corrected chi connectivity index (χ1v) is 13.7. The van der Waals surface area contributed by atoms with Gasteiger partial charge < -0.3 is 15.1 Å². The lowest BCUT2D eigenvalue weighted by molar-refractivity contribution is -0.129. The van der Waals surface area contributed by atoms with E-state index in [1.54, 1.807) is 12.1 Å². The molecule has 1 aliphatic rings. The number of hydrogen-bond acceptors (Lipinski definition) is 7. The molecular weight excluding hydrogens is 515 g/mol. The molecule has 0 radical (unpaired) electrons. The van der Waals surface area contributed by atoms with Gasteiger partial charge in [0.05, 0.1) is 12.6 Å². The summed E-state index contributed by atoms with van der Waals surface area (Å²) in [6.45, 7) is 3.47. The van der Waals surface area contributed by atoms with Crippen molar-refractivity contribution in [3.8, 4) is 0 Å². The van der Waals surface area contributed by atoms with Gasteiger partial charge in [0.1, 0.15) is 17.4 Å². The molecule has 2 amide bonds. The summed E-state index contributed by atoms with van der Waals surface area (Å²) in [4.78, 5) is 42.9. The number of sulfonamides is 1. The number of nitrogens with one attached hydrogen (secondary N) is 2. The molecule has 1 aromatic carbocycles. The Morgan fingerprint density at radius 3 is 2.71 bits per heavy atom. The van der Waals surface area contributed by atoms with Crippen molar-refractivity contribution in [2.75, 3.05) is 13.1 Å². The van der Waals surface area contributed by atoms with Crippen molar-refractivity contribution in [3.05, 3.63) is 60.2 Å². The number of carbonyl (C=O) groups is 3. The van der Waals surface area contributed by atoms with Gasteiger partial charge in [-0.2, -0.15) is 4.31 Å². The Kier molecular flexibility index (Phi) is 8.22. The molecule has 2 atom stereocenters. The number of Topliss-reactive ketones (excluding diaryl/α,β-unsaturated/α-hetero) is 1. The highest BCUT2D eigenvalue weighted by atomic mass is 32.2. The lowest BCUT2D eigenvalue weighted by Crippen LogP contribution is -2.52. The van der Waals surface area contributed by atoms with Gasteiger partial charge in [0, 0.05) is 18.1 Å². The number of benzene rings is 1. The van der Waals surface area contributed by atoms with Gasteiger partial charge in [0.15, 0.2) is 16.6 Å². The van der Waals surface area contributed by atoms with Crippen LogP contribution in [0, 0.1) is 11.7 Å². The van der Waals surface area contributed by atoms with Crippen molar-refractivity contribution in [2.45, 2.75) is 50.2 Å². The number of halogens is 1. The predicted molar refractivity (Wildman–Crippen MR) is 136 cm³/mol. The van der Waals surface area contributed by atoms with E-state index in [4.69, 9.17) is 4.42 Å². The summed E-state index contributed by atoms with van der Waals surface area (Å²) in [7, 11) is -3.97. The number of rotatable bonds is 8. The molecule has 0 aliphatic carbocycles. The number of aromatic nitrogens is 1. The van der Waals surface area contributed by atoms with Crippen LogP contribution in [0.4, 0.5) is 4.39 Å². The fourth-order valence-corrected chi connectivity index (χ4v) is 5.69. The van der Waals surface area contributed by atoms with Crippen LogP contribution in [-0.4, -0.2) is 60.5 Å². The molecule has 2 N–H and O–H groups in total. The number of fused-ring (bicyclic) bond motifs is 1. The molecule has 3 heterocycles. The summed E-state index contributed by atoms with van der Waals surface area (Å²) in [5, 5.41) is 5.61. The van der Waals surface area contributed by atoms with Gasteiger partial charge in [0.25, 0.3) is 15.9 Å². The fraction of sp³-hybridized carbons (Fsp3) is 0.385. The summed E-state index contributed by atoms with van der Waals surface area (Å²) in [5.74, 6) is -2.19. The zero-order chi connectivity index (χ0) is 27.4. The van der Waals surface area contributed by atoms with Crippen LogP contribution >= 0.6 is 0 Å². The van der Waals surface area contributed by atoms with Crippen LogP contribution in [-0.2, 0) is 19.6 Å². The number of furan rings is 1.